The normalized spacial score (nSPS) is 27.1. The number of halogens is 2. The summed E-state index contributed by atoms with van der Waals surface area (Å²) >= 11 is 0. The summed E-state index contributed by atoms with van der Waals surface area (Å²) in [5.41, 5.74) is 6.06. The summed E-state index contributed by atoms with van der Waals surface area (Å²) in [4.78, 5) is 28.2. The van der Waals surface area contributed by atoms with Gasteiger partial charge in [0.25, 0.3) is 0 Å². The van der Waals surface area contributed by atoms with Crippen LogP contribution < -0.4 is 11.1 Å². The smallest absolute Gasteiger partial charge is 0.234 e. The molecule has 2 amide bonds. The van der Waals surface area contributed by atoms with Crippen molar-refractivity contribution in [1.82, 2.24) is 15.1 Å². The fraction of sp³-hybridized carbons (Fsp3) is 0.875. The van der Waals surface area contributed by atoms with Crippen LogP contribution in [-0.4, -0.2) is 66.4 Å². The Morgan fingerprint density at radius 2 is 1.67 bits per heavy atom. The second-order valence-electron chi connectivity index (χ2n) is 7.06. The lowest BCUT2D eigenvalue weighted by Gasteiger charge is -2.35. The average Bonchev–Trinajstić information content (AvgIpc) is 3.22. The van der Waals surface area contributed by atoms with Gasteiger partial charge in [0.2, 0.25) is 11.8 Å². The number of nitrogens with zero attached hydrogens (tertiary/aromatic N) is 2. The SMILES string of the molecule is Cl.Cl.N[C@@H]1CCC[C@H]1CC(=O)N1CCN(CC(=O)NC2CC2)CC1. The van der Waals surface area contributed by atoms with Crippen molar-refractivity contribution in [2.45, 2.75) is 50.6 Å². The Hall–Kier alpha value is -0.560. The Morgan fingerprint density at radius 1 is 1.00 bits per heavy atom. The van der Waals surface area contributed by atoms with Gasteiger partial charge in [-0.15, -0.1) is 24.8 Å². The molecule has 24 heavy (non-hydrogen) atoms. The van der Waals surface area contributed by atoms with Gasteiger partial charge in [-0.25, -0.2) is 0 Å². The summed E-state index contributed by atoms with van der Waals surface area (Å²) in [6, 6.07) is 0.627. The van der Waals surface area contributed by atoms with Crippen LogP contribution in [0.25, 0.3) is 0 Å². The lowest BCUT2D eigenvalue weighted by molar-refractivity contribution is -0.134. The Labute approximate surface area is 156 Å². The molecule has 0 spiro atoms. The molecule has 3 aliphatic rings. The first-order valence-electron chi connectivity index (χ1n) is 8.67. The molecule has 3 rings (SSSR count). The molecule has 1 heterocycles. The van der Waals surface area contributed by atoms with E-state index < -0.39 is 0 Å². The summed E-state index contributed by atoms with van der Waals surface area (Å²) in [7, 11) is 0. The average molecular weight is 381 g/mol. The minimum absolute atomic E-state index is 0. The van der Waals surface area contributed by atoms with Crippen LogP contribution in [0.4, 0.5) is 0 Å². The highest BCUT2D eigenvalue weighted by atomic mass is 35.5. The van der Waals surface area contributed by atoms with Crippen LogP contribution in [0.1, 0.15) is 38.5 Å². The molecular formula is C16H30Cl2N4O2. The number of nitrogens with one attached hydrogen (secondary N) is 1. The number of hydrogen-bond acceptors (Lipinski definition) is 4. The molecule has 2 aliphatic carbocycles. The fourth-order valence-corrected chi connectivity index (χ4v) is 3.53. The molecule has 0 radical (unpaired) electrons. The predicted molar refractivity (Wildman–Crippen MR) is 98.6 cm³/mol. The van der Waals surface area contributed by atoms with E-state index in [4.69, 9.17) is 5.73 Å². The van der Waals surface area contributed by atoms with Gasteiger partial charge in [0.15, 0.2) is 0 Å². The van der Waals surface area contributed by atoms with Crippen LogP contribution in [0.3, 0.4) is 0 Å². The number of hydrogen-bond donors (Lipinski definition) is 2. The number of carbonyl (C=O) groups excluding carboxylic acids is 2. The van der Waals surface area contributed by atoms with Crippen molar-refractivity contribution in [3.63, 3.8) is 0 Å². The molecule has 0 unspecified atom stereocenters. The first-order chi connectivity index (χ1) is 10.6. The molecule has 6 nitrogen and oxygen atoms in total. The molecule has 0 aromatic carbocycles. The standard InChI is InChI=1S/C16H28N4O2.2ClH/c17-14-3-1-2-12(14)10-16(22)20-8-6-19(7-9-20)11-15(21)18-13-4-5-13;;/h12-14H,1-11,17H2,(H,18,21);2*1H/t12-,14+;;/m0../s1. The Bertz CT molecular complexity index is 426. The predicted octanol–water partition coefficient (Wildman–Crippen LogP) is 0.770. The highest BCUT2D eigenvalue weighted by molar-refractivity contribution is 5.85. The van der Waals surface area contributed by atoms with Gasteiger partial charge in [-0.3, -0.25) is 14.5 Å². The van der Waals surface area contributed by atoms with Gasteiger partial charge < -0.3 is 16.0 Å². The molecule has 3 fully saturated rings. The van der Waals surface area contributed by atoms with E-state index in [1.807, 2.05) is 4.90 Å². The minimum Gasteiger partial charge on any atom is -0.352 e. The van der Waals surface area contributed by atoms with E-state index in [0.29, 0.717) is 24.9 Å². The molecule has 140 valence electrons. The van der Waals surface area contributed by atoms with E-state index >= 15 is 0 Å². The Kier molecular flexibility index (Phi) is 8.77. The summed E-state index contributed by atoms with van der Waals surface area (Å²) in [6.45, 7) is 3.52. The van der Waals surface area contributed by atoms with Gasteiger partial charge in [-0.2, -0.15) is 0 Å². The van der Waals surface area contributed by atoms with Crippen molar-refractivity contribution in [2.75, 3.05) is 32.7 Å². The molecule has 1 saturated heterocycles. The van der Waals surface area contributed by atoms with E-state index in [0.717, 1.165) is 58.3 Å². The first kappa shape index (κ1) is 21.5. The highest BCUT2D eigenvalue weighted by Gasteiger charge is 2.30. The van der Waals surface area contributed by atoms with Gasteiger partial charge >= 0.3 is 0 Å². The monoisotopic (exact) mass is 380 g/mol. The topological polar surface area (TPSA) is 78.7 Å². The summed E-state index contributed by atoms with van der Waals surface area (Å²) < 4.78 is 0. The molecular weight excluding hydrogens is 351 g/mol. The van der Waals surface area contributed by atoms with Crippen molar-refractivity contribution in [1.29, 1.82) is 0 Å². The summed E-state index contributed by atoms with van der Waals surface area (Å²) in [5, 5.41) is 3.01. The van der Waals surface area contributed by atoms with Crippen molar-refractivity contribution in [2.24, 2.45) is 11.7 Å². The molecule has 3 N–H and O–H groups in total. The third-order valence-electron chi connectivity index (χ3n) is 5.19. The maximum Gasteiger partial charge on any atom is 0.234 e. The number of nitrogens with two attached hydrogens (primary N) is 1. The second-order valence-corrected chi connectivity index (χ2v) is 7.06. The first-order valence-corrected chi connectivity index (χ1v) is 8.67. The van der Waals surface area contributed by atoms with Gasteiger partial charge in [-0.1, -0.05) is 6.42 Å². The zero-order valence-electron chi connectivity index (χ0n) is 14.1. The van der Waals surface area contributed by atoms with Crippen molar-refractivity contribution in [3.05, 3.63) is 0 Å². The third-order valence-corrected chi connectivity index (χ3v) is 5.19. The lowest BCUT2D eigenvalue weighted by atomic mass is 9.99. The fourth-order valence-electron chi connectivity index (χ4n) is 3.53. The van der Waals surface area contributed by atoms with Crippen molar-refractivity contribution < 1.29 is 9.59 Å². The van der Waals surface area contributed by atoms with Crippen molar-refractivity contribution >= 4 is 36.6 Å². The maximum atomic E-state index is 12.4. The van der Waals surface area contributed by atoms with Gasteiger partial charge in [0.05, 0.1) is 6.54 Å². The zero-order valence-corrected chi connectivity index (χ0v) is 15.7. The quantitative estimate of drug-likeness (QED) is 0.738. The van der Waals surface area contributed by atoms with E-state index in [1.54, 1.807) is 0 Å². The molecule has 0 bridgehead atoms. The minimum atomic E-state index is 0. The van der Waals surface area contributed by atoms with Crippen molar-refractivity contribution in [3.8, 4) is 0 Å². The van der Waals surface area contributed by atoms with Crippen LogP contribution in [0, 0.1) is 5.92 Å². The maximum absolute atomic E-state index is 12.4. The van der Waals surface area contributed by atoms with Gasteiger partial charge in [0.1, 0.15) is 0 Å². The van der Waals surface area contributed by atoms with Crippen LogP contribution >= 0.6 is 24.8 Å². The zero-order chi connectivity index (χ0) is 15.5. The van der Waals surface area contributed by atoms with Crippen LogP contribution in [-0.2, 0) is 9.59 Å². The second kappa shape index (κ2) is 9.80. The molecule has 2 saturated carbocycles. The van der Waals surface area contributed by atoms with E-state index in [-0.39, 0.29) is 42.7 Å². The largest absolute Gasteiger partial charge is 0.352 e. The molecule has 0 aromatic rings. The lowest BCUT2D eigenvalue weighted by Crippen LogP contribution is -2.51. The van der Waals surface area contributed by atoms with E-state index in [2.05, 4.69) is 10.2 Å². The van der Waals surface area contributed by atoms with Crippen LogP contribution in [0.15, 0.2) is 0 Å². The molecule has 1 aliphatic heterocycles. The van der Waals surface area contributed by atoms with E-state index in [1.165, 1.54) is 0 Å². The number of carbonyl (C=O) groups is 2. The van der Waals surface area contributed by atoms with Gasteiger partial charge in [0, 0.05) is 44.7 Å². The number of rotatable bonds is 5. The van der Waals surface area contributed by atoms with Crippen LogP contribution in [0.5, 0.6) is 0 Å². The highest BCUT2D eigenvalue weighted by Crippen LogP contribution is 2.27. The molecule has 8 heteroatoms. The summed E-state index contributed by atoms with van der Waals surface area (Å²) in [5.74, 6) is 0.735. The molecule has 0 aromatic heterocycles. The molecule has 2 atom stereocenters. The third kappa shape index (κ3) is 6.06. The van der Waals surface area contributed by atoms with Crippen LogP contribution in [0.2, 0.25) is 0 Å². The van der Waals surface area contributed by atoms with Gasteiger partial charge in [-0.05, 0) is 31.6 Å². The number of amides is 2. The Morgan fingerprint density at radius 3 is 2.21 bits per heavy atom. The Balaban J connectivity index is 0.00000144. The number of piperazine rings is 1. The van der Waals surface area contributed by atoms with E-state index in [9.17, 15) is 9.59 Å². The summed E-state index contributed by atoms with van der Waals surface area (Å²) in [6.07, 6.45) is 6.15.